The van der Waals surface area contributed by atoms with E-state index in [0.717, 1.165) is 22.3 Å². The first-order chi connectivity index (χ1) is 11.3. The van der Waals surface area contributed by atoms with Crippen LogP contribution >= 0.6 is 11.8 Å². The molecule has 6 heteroatoms. The number of aromatic amines is 1. The van der Waals surface area contributed by atoms with Gasteiger partial charge in [0.15, 0.2) is 0 Å². The van der Waals surface area contributed by atoms with E-state index in [1.54, 1.807) is 23.8 Å². The molecule has 0 spiro atoms. The van der Waals surface area contributed by atoms with Crippen molar-refractivity contribution in [3.8, 4) is 5.75 Å². The number of amides is 1. The maximum absolute atomic E-state index is 12.4. The number of thioether (sulfide) groups is 1. The SMILES string of the molecule is COc1ccccc1C1SCC(=O)N1c1nc2ccccc2[nH]1. The van der Waals surface area contributed by atoms with Crippen LogP contribution in [0.2, 0.25) is 0 Å². The molecule has 2 heterocycles. The quantitative estimate of drug-likeness (QED) is 0.802. The second-order valence-corrected chi connectivity index (χ2v) is 6.32. The van der Waals surface area contributed by atoms with E-state index in [-0.39, 0.29) is 11.3 Å². The lowest BCUT2D eigenvalue weighted by atomic mass is 10.2. The van der Waals surface area contributed by atoms with Gasteiger partial charge in [0.1, 0.15) is 11.1 Å². The first kappa shape index (κ1) is 14.1. The summed E-state index contributed by atoms with van der Waals surface area (Å²) in [6.45, 7) is 0. The molecule has 1 amide bonds. The van der Waals surface area contributed by atoms with E-state index in [1.807, 2.05) is 48.5 Å². The summed E-state index contributed by atoms with van der Waals surface area (Å²) in [7, 11) is 1.64. The molecule has 4 rings (SSSR count). The topological polar surface area (TPSA) is 58.2 Å². The zero-order valence-electron chi connectivity index (χ0n) is 12.5. The average Bonchev–Trinajstić information content (AvgIpc) is 3.17. The second kappa shape index (κ2) is 5.62. The summed E-state index contributed by atoms with van der Waals surface area (Å²) in [5, 5.41) is -0.140. The van der Waals surface area contributed by atoms with Gasteiger partial charge in [0.05, 0.1) is 23.9 Å². The Morgan fingerprint density at radius 2 is 2.00 bits per heavy atom. The fraction of sp³-hybridized carbons (Fsp3) is 0.176. The van der Waals surface area contributed by atoms with Crippen molar-refractivity contribution in [2.45, 2.75) is 5.37 Å². The third kappa shape index (κ3) is 2.35. The van der Waals surface area contributed by atoms with Gasteiger partial charge in [-0.2, -0.15) is 0 Å². The van der Waals surface area contributed by atoms with Gasteiger partial charge in [-0.05, 0) is 18.2 Å². The first-order valence-corrected chi connectivity index (χ1v) is 8.34. The molecule has 0 radical (unpaired) electrons. The number of hydrogen-bond acceptors (Lipinski definition) is 4. The highest BCUT2D eigenvalue weighted by atomic mass is 32.2. The van der Waals surface area contributed by atoms with Gasteiger partial charge in [0.2, 0.25) is 11.9 Å². The van der Waals surface area contributed by atoms with Crippen LogP contribution in [0, 0.1) is 0 Å². The van der Waals surface area contributed by atoms with E-state index < -0.39 is 0 Å². The van der Waals surface area contributed by atoms with Gasteiger partial charge in [-0.15, -0.1) is 11.8 Å². The van der Waals surface area contributed by atoms with E-state index in [9.17, 15) is 4.79 Å². The first-order valence-electron chi connectivity index (χ1n) is 7.29. The van der Waals surface area contributed by atoms with Crippen molar-refractivity contribution in [3.63, 3.8) is 0 Å². The molecule has 1 unspecified atom stereocenters. The van der Waals surface area contributed by atoms with Gasteiger partial charge in [0.25, 0.3) is 0 Å². The van der Waals surface area contributed by atoms with Gasteiger partial charge in [0, 0.05) is 5.56 Å². The van der Waals surface area contributed by atoms with Crippen molar-refractivity contribution in [1.82, 2.24) is 9.97 Å². The highest BCUT2D eigenvalue weighted by Crippen LogP contribution is 2.44. The van der Waals surface area contributed by atoms with Crippen LogP contribution in [0.3, 0.4) is 0 Å². The molecule has 0 aliphatic carbocycles. The number of H-pyrrole nitrogens is 1. The molecule has 1 aliphatic heterocycles. The summed E-state index contributed by atoms with van der Waals surface area (Å²) in [6, 6.07) is 15.6. The summed E-state index contributed by atoms with van der Waals surface area (Å²) in [5.74, 6) is 1.84. The molecule has 0 saturated carbocycles. The monoisotopic (exact) mass is 325 g/mol. The third-order valence-electron chi connectivity index (χ3n) is 3.88. The number of carbonyl (C=O) groups is 1. The van der Waals surface area contributed by atoms with Crippen LogP contribution in [-0.2, 0) is 4.79 Å². The molecule has 1 saturated heterocycles. The highest BCUT2D eigenvalue weighted by molar-refractivity contribution is 8.00. The van der Waals surface area contributed by atoms with Crippen LogP contribution in [0.15, 0.2) is 48.5 Å². The molecule has 1 N–H and O–H groups in total. The minimum Gasteiger partial charge on any atom is -0.496 e. The lowest BCUT2D eigenvalue weighted by Gasteiger charge is -2.23. The zero-order chi connectivity index (χ0) is 15.8. The largest absolute Gasteiger partial charge is 0.496 e. The smallest absolute Gasteiger partial charge is 0.240 e. The van der Waals surface area contributed by atoms with Crippen molar-refractivity contribution in [2.75, 3.05) is 17.8 Å². The van der Waals surface area contributed by atoms with Crippen LogP contribution in [0.1, 0.15) is 10.9 Å². The van der Waals surface area contributed by atoms with Gasteiger partial charge in [-0.1, -0.05) is 30.3 Å². The highest BCUT2D eigenvalue weighted by Gasteiger charge is 2.37. The standard InChI is InChI=1S/C17H15N3O2S/c1-22-14-9-5-2-6-11(14)16-20(15(21)10-23-16)17-18-12-7-3-4-8-13(12)19-17/h2-9,16H,10H2,1H3,(H,18,19). The number of hydrogen-bond donors (Lipinski definition) is 1. The van der Waals surface area contributed by atoms with Crippen molar-refractivity contribution in [3.05, 3.63) is 54.1 Å². The third-order valence-corrected chi connectivity index (χ3v) is 5.07. The van der Waals surface area contributed by atoms with Gasteiger partial charge >= 0.3 is 0 Å². The molecule has 0 bridgehead atoms. The number of imidazole rings is 1. The van der Waals surface area contributed by atoms with E-state index >= 15 is 0 Å². The molecule has 116 valence electrons. The van der Waals surface area contributed by atoms with E-state index in [0.29, 0.717) is 11.7 Å². The van der Waals surface area contributed by atoms with E-state index in [4.69, 9.17) is 4.74 Å². The summed E-state index contributed by atoms with van der Waals surface area (Å²) >= 11 is 1.58. The molecule has 23 heavy (non-hydrogen) atoms. The van der Waals surface area contributed by atoms with Crippen molar-refractivity contribution < 1.29 is 9.53 Å². The van der Waals surface area contributed by atoms with Gasteiger partial charge < -0.3 is 9.72 Å². The fourth-order valence-electron chi connectivity index (χ4n) is 2.81. The predicted octanol–water partition coefficient (Wildman–Crippen LogP) is 3.35. The maximum atomic E-state index is 12.4. The van der Waals surface area contributed by atoms with Crippen LogP contribution in [0.5, 0.6) is 5.75 Å². The molecular weight excluding hydrogens is 310 g/mol. The molecule has 1 aliphatic rings. The maximum Gasteiger partial charge on any atom is 0.240 e. The van der Waals surface area contributed by atoms with Crippen molar-refractivity contribution >= 4 is 34.7 Å². The Morgan fingerprint density at radius 1 is 1.22 bits per heavy atom. The van der Waals surface area contributed by atoms with Crippen molar-refractivity contribution in [1.29, 1.82) is 0 Å². The molecule has 1 aromatic heterocycles. The molecular formula is C17H15N3O2S. The number of carbonyl (C=O) groups excluding carboxylic acids is 1. The summed E-state index contributed by atoms with van der Waals surface area (Å²) in [4.78, 5) is 22.0. The van der Waals surface area contributed by atoms with Crippen LogP contribution in [0.25, 0.3) is 11.0 Å². The number of anilines is 1. The lowest BCUT2D eigenvalue weighted by Crippen LogP contribution is -2.29. The number of ether oxygens (including phenoxy) is 1. The number of benzene rings is 2. The number of nitrogens with one attached hydrogen (secondary N) is 1. The number of nitrogens with zero attached hydrogens (tertiary/aromatic N) is 2. The molecule has 2 aromatic carbocycles. The number of methoxy groups -OCH3 is 1. The molecule has 1 fully saturated rings. The van der Waals surface area contributed by atoms with Crippen LogP contribution in [-0.4, -0.2) is 28.7 Å². The normalized spacial score (nSPS) is 17.9. The summed E-state index contributed by atoms with van der Waals surface area (Å²) in [5.41, 5.74) is 2.75. The Bertz CT molecular complexity index is 844. The minimum atomic E-state index is -0.140. The molecule has 3 aromatic rings. The molecule has 1 atom stereocenters. The number of aromatic nitrogens is 2. The summed E-state index contributed by atoms with van der Waals surface area (Å²) < 4.78 is 5.45. The van der Waals surface area contributed by atoms with Gasteiger partial charge in [-0.25, -0.2) is 4.98 Å². The Labute approximate surface area is 137 Å². The minimum absolute atomic E-state index is 0.0463. The Kier molecular flexibility index (Phi) is 3.46. The molecule has 5 nitrogen and oxygen atoms in total. The lowest BCUT2D eigenvalue weighted by molar-refractivity contribution is -0.115. The zero-order valence-corrected chi connectivity index (χ0v) is 13.3. The number of para-hydroxylation sites is 3. The van der Waals surface area contributed by atoms with Crippen LogP contribution in [0.4, 0.5) is 5.95 Å². The fourth-order valence-corrected chi connectivity index (χ4v) is 3.99. The van der Waals surface area contributed by atoms with Crippen LogP contribution < -0.4 is 9.64 Å². The van der Waals surface area contributed by atoms with Crippen molar-refractivity contribution in [2.24, 2.45) is 0 Å². The van der Waals surface area contributed by atoms with E-state index in [1.165, 1.54) is 0 Å². The predicted molar refractivity (Wildman–Crippen MR) is 91.8 cm³/mol. The van der Waals surface area contributed by atoms with Gasteiger partial charge in [-0.3, -0.25) is 9.69 Å². The Hall–Kier alpha value is -2.47. The average molecular weight is 325 g/mol. The Morgan fingerprint density at radius 3 is 2.83 bits per heavy atom. The number of rotatable bonds is 3. The summed E-state index contributed by atoms with van der Waals surface area (Å²) in [6.07, 6.45) is 0. The second-order valence-electron chi connectivity index (χ2n) is 5.25. The van der Waals surface area contributed by atoms with E-state index in [2.05, 4.69) is 9.97 Å². The Balaban J connectivity index is 1.80. The number of fused-ring (bicyclic) bond motifs is 1.